The van der Waals surface area contributed by atoms with Crippen LogP contribution in [0.1, 0.15) is 96.9 Å². The van der Waals surface area contributed by atoms with Gasteiger partial charge >= 0.3 is 6.18 Å². The van der Waals surface area contributed by atoms with E-state index in [-0.39, 0.29) is 11.5 Å². The molecule has 0 bridgehead atoms. The van der Waals surface area contributed by atoms with Crippen molar-refractivity contribution in [2.75, 3.05) is 34.2 Å². The molecule has 0 saturated carbocycles. The minimum Gasteiger partial charge on any atom is -0.393 e. The average molecular weight is 489 g/mol. The molecule has 2 unspecified atom stereocenters. The quantitative estimate of drug-likeness (QED) is 0.410. The molecule has 7 heteroatoms. The molecule has 0 radical (unpaired) electrons. The van der Waals surface area contributed by atoms with Crippen molar-refractivity contribution in [2.45, 2.75) is 115 Å². The Balaban J connectivity index is -0.000000173. The molecule has 206 valence electrons. The maximum absolute atomic E-state index is 12.1. The van der Waals surface area contributed by atoms with Crippen molar-refractivity contribution in [3.8, 4) is 0 Å². The molecule has 0 rings (SSSR count). The zero-order valence-corrected chi connectivity index (χ0v) is 25.0. The van der Waals surface area contributed by atoms with Crippen molar-refractivity contribution in [1.82, 2.24) is 10.2 Å². The number of nitrogens with one attached hydrogen (secondary N) is 1. The third kappa shape index (κ3) is 26.1. The van der Waals surface area contributed by atoms with Crippen LogP contribution in [-0.2, 0) is 0 Å². The topological polar surface area (TPSA) is 55.7 Å². The second-order valence-corrected chi connectivity index (χ2v) is 13.8. The van der Waals surface area contributed by atoms with Crippen LogP contribution in [0.15, 0.2) is 0 Å². The fraction of sp³-hybridized carbons (Fsp3) is 1.00. The molecule has 0 aliphatic heterocycles. The lowest BCUT2D eigenvalue weighted by Crippen LogP contribution is -2.52. The highest BCUT2D eigenvalue weighted by atomic mass is 19.4. The van der Waals surface area contributed by atoms with E-state index >= 15 is 0 Å². The highest BCUT2D eigenvalue weighted by Gasteiger charge is 2.56. The first-order chi connectivity index (χ1) is 13.9. The number of nitrogens with zero attached hydrogens (tertiary/aromatic N) is 1. The molecule has 0 aromatic carbocycles. The average Bonchev–Trinajstić information content (AvgIpc) is 2.41. The van der Waals surface area contributed by atoms with Crippen LogP contribution in [0, 0.1) is 21.7 Å². The maximum Gasteiger partial charge on any atom is 0.417 e. The number of hydrogen-bond donors (Lipinski definition) is 3. The van der Waals surface area contributed by atoms with Crippen LogP contribution in [0.3, 0.4) is 0 Å². The lowest BCUT2D eigenvalue weighted by Gasteiger charge is -2.38. The molecule has 0 aromatic heterocycles. The molecular formula is C26H59F3N2O2. The first-order valence-corrected chi connectivity index (χ1v) is 11.7. The molecule has 0 heterocycles. The van der Waals surface area contributed by atoms with Crippen LogP contribution in [0.4, 0.5) is 13.2 Å². The molecule has 0 saturated heterocycles. The lowest BCUT2D eigenvalue weighted by molar-refractivity contribution is -0.286. The van der Waals surface area contributed by atoms with Gasteiger partial charge in [-0.15, -0.1) is 0 Å². The third-order valence-electron chi connectivity index (χ3n) is 4.76. The largest absolute Gasteiger partial charge is 0.417 e. The molecule has 4 nitrogen and oxygen atoms in total. The number of aliphatic hydroxyl groups excluding tert-OH is 1. The van der Waals surface area contributed by atoms with Crippen LogP contribution in [0.25, 0.3) is 0 Å². The van der Waals surface area contributed by atoms with E-state index in [2.05, 4.69) is 65.9 Å². The first-order valence-electron chi connectivity index (χ1n) is 11.7. The van der Waals surface area contributed by atoms with Crippen molar-refractivity contribution in [1.29, 1.82) is 0 Å². The van der Waals surface area contributed by atoms with E-state index in [1.165, 1.54) is 20.8 Å². The molecule has 0 aliphatic carbocycles. The standard InChI is InChI=1S/C7H13F3O.C7H17N.C6H15N.C6H14O/c1-5(2,3)6(4,11)7(8,9)10;1-7(2,3)6-8(4)5;1-6(2,3)5-7-4;1-5(7)6(2,3)4/h11H,1-4H3;6H2,1-5H3;7H,5H2,1-4H3;5,7H,1-4H3. The Labute approximate surface area is 204 Å². The number of hydrogen-bond acceptors (Lipinski definition) is 4. The predicted octanol–water partition coefficient (Wildman–Crippen LogP) is 6.61. The molecule has 0 spiro atoms. The van der Waals surface area contributed by atoms with E-state index in [9.17, 15) is 13.2 Å². The summed E-state index contributed by atoms with van der Waals surface area (Å²) in [5, 5.41) is 21.1. The van der Waals surface area contributed by atoms with E-state index in [0.717, 1.165) is 20.0 Å². The van der Waals surface area contributed by atoms with Crippen molar-refractivity contribution in [2.24, 2.45) is 21.7 Å². The Morgan fingerprint density at radius 2 is 1.06 bits per heavy atom. The number of alkyl halides is 3. The van der Waals surface area contributed by atoms with Gasteiger partial charge < -0.3 is 20.4 Å². The summed E-state index contributed by atoms with van der Waals surface area (Å²) in [6, 6.07) is 0. The monoisotopic (exact) mass is 488 g/mol. The second-order valence-electron chi connectivity index (χ2n) is 13.8. The summed E-state index contributed by atoms with van der Waals surface area (Å²) in [6.07, 6.45) is -4.77. The van der Waals surface area contributed by atoms with Gasteiger partial charge in [0.1, 0.15) is 0 Å². The van der Waals surface area contributed by atoms with E-state index < -0.39 is 17.2 Å². The Kier molecular flexibility index (Phi) is 18.0. The highest BCUT2D eigenvalue weighted by molar-refractivity contribution is 4.92. The lowest BCUT2D eigenvalue weighted by atomic mass is 9.77. The minimum absolute atomic E-state index is 0.0556. The van der Waals surface area contributed by atoms with Crippen LogP contribution < -0.4 is 5.32 Å². The van der Waals surface area contributed by atoms with Crippen LogP contribution >= 0.6 is 0 Å². The Bertz CT molecular complexity index is 458. The number of rotatable bonds is 2. The third-order valence-corrected chi connectivity index (χ3v) is 4.76. The molecule has 0 amide bonds. The van der Waals surface area contributed by atoms with Crippen LogP contribution in [-0.4, -0.2) is 67.2 Å². The summed E-state index contributed by atoms with van der Waals surface area (Å²) in [5.41, 5.74) is -2.87. The van der Waals surface area contributed by atoms with Crippen molar-refractivity contribution >= 4 is 0 Å². The van der Waals surface area contributed by atoms with Crippen LogP contribution in [0.2, 0.25) is 0 Å². The zero-order chi connectivity index (χ0) is 28.3. The first kappa shape index (κ1) is 39.8. The Morgan fingerprint density at radius 3 is 1.06 bits per heavy atom. The predicted molar refractivity (Wildman–Crippen MR) is 139 cm³/mol. The fourth-order valence-electron chi connectivity index (χ4n) is 1.90. The molecule has 0 aromatic rings. The molecule has 33 heavy (non-hydrogen) atoms. The summed E-state index contributed by atoms with van der Waals surface area (Å²) < 4.78 is 36.2. The smallest absolute Gasteiger partial charge is 0.393 e. The minimum atomic E-state index is -4.56. The highest BCUT2D eigenvalue weighted by Crippen LogP contribution is 2.42. The van der Waals surface area contributed by atoms with Crippen molar-refractivity contribution < 1.29 is 23.4 Å². The zero-order valence-electron chi connectivity index (χ0n) is 25.0. The van der Waals surface area contributed by atoms with Crippen molar-refractivity contribution in [3.05, 3.63) is 0 Å². The summed E-state index contributed by atoms with van der Waals surface area (Å²) >= 11 is 0. The fourth-order valence-corrected chi connectivity index (χ4v) is 1.90. The van der Waals surface area contributed by atoms with Gasteiger partial charge in [0.25, 0.3) is 0 Å². The Morgan fingerprint density at radius 1 is 0.758 bits per heavy atom. The van der Waals surface area contributed by atoms with Gasteiger partial charge in [0, 0.05) is 6.54 Å². The van der Waals surface area contributed by atoms with Gasteiger partial charge in [-0.05, 0) is 63.2 Å². The molecule has 2 atom stereocenters. The van der Waals surface area contributed by atoms with Gasteiger partial charge in [-0.25, -0.2) is 0 Å². The van der Waals surface area contributed by atoms with E-state index in [0.29, 0.717) is 10.8 Å². The van der Waals surface area contributed by atoms with E-state index in [1.807, 2.05) is 27.8 Å². The summed E-state index contributed by atoms with van der Waals surface area (Å²) in [6.45, 7) is 28.3. The molecule has 0 aliphatic rings. The van der Waals surface area contributed by atoms with E-state index in [1.54, 1.807) is 6.92 Å². The Hall–Kier alpha value is -0.370. The summed E-state index contributed by atoms with van der Waals surface area (Å²) in [4.78, 5) is 2.21. The SMILES string of the molecule is CC(C)(C)C(C)(O)C(F)(F)F.CC(O)C(C)(C)C.CN(C)CC(C)(C)C.CNCC(C)(C)C. The maximum atomic E-state index is 12.1. The van der Waals surface area contributed by atoms with Gasteiger partial charge in [0.05, 0.1) is 6.10 Å². The molecule has 0 fully saturated rings. The van der Waals surface area contributed by atoms with Crippen molar-refractivity contribution in [3.63, 3.8) is 0 Å². The normalized spacial score (nSPS) is 15.7. The van der Waals surface area contributed by atoms with Crippen LogP contribution in [0.5, 0.6) is 0 Å². The van der Waals surface area contributed by atoms with Gasteiger partial charge in [-0.1, -0.05) is 83.1 Å². The summed E-state index contributed by atoms with van der Waals surface area (Å²) in [5.74, 6) is 0. The number of aliphatic hydroxyl groups is 2. The van der Waals surface area contributed by atoms with Gasteiger partial charge in [-0.2, -0.15) is 13.2 Å². The molecular weight excluding hydrogens is 429 g/mol. The number of halogens is 3. The summed E-state index contributed by atoms with van der Waals surface area (Å²) in [7, 11) is 6.18. The van der Waals surface area contributed by atoms with Gasteiger partial charge in [-0.3, -0.25) is 0 Å². The van der Waals surface area contributed by atoms with Gasteiger partial charge in [0.15, 0.2) is 5.60 Å². The van der Waals surface area contributed by atoms with E-state index in [4.69, 9.17) is 10.2 Å². The van der Waals surface area contributed by atoms with Gasteiger partial charge in [0.2, 0.25) is 0 Å². The molecule has 3 N–H and O–H groups in total. The second kappa shape index (κ2) is 14.9.